The van der Waals surface area contributed by atoms with Gasteiger partial charge in [0.05, 0.1) is 6.61 Å². The first-order valence-corrected chi connectivity index (χ1v) is 8.49. The van der Waals surface area contributed by atoms with Crippen molar-refractivity contribution in [3.8, 4) is 0 Å². The minimum Gasteiger partial charge on any atom is -0.383 e. The number of benzene rings is 1. The van der Waals surface area contributed by atoms with Crippen LogP contribution in [0.1, 0.15) is 33.3 Å². The summed E-state index contributed by atoms with van der Waals surface area (Å²) in [5.41, 5.74) is 2.63. The second-order valence-corrected chi connectivity index (χ2v) is 7.06. The van der Waals surface area contributed by atoms with Gasteiger partial charge in [0, 0.05) is 42.9 Å². The van der Waals surface area contributed by atoms with E-state index in [-0.39, 0.29) is 0 Å². The molecule has 0 unspecified atom stereocenters. The number of rotatable bonds is 9. The van der Waals surface area contributed by atoms with Crippen LogP contribution in [0.2, 0.25) is 0 Å². The number of hydrogen-bond donors (Lipinski definition) is 1. The number of anilines is 1. The maximum atomic E-state index is 5.27. The molecule has 0 atom stereocenters. The van der Waals surface area contributed by atoms with Gasteiger partial charge in [0.2, 0.25) is 0 Å². The van der Waals surface area contributed by atoms with Crippen LogP contribution in [0, 0.1) is 5.92 Å². The van der Waals surface area contributed by atoms with Crippen molar-refractivity contribution in [1.82, 2.24) is 5.32 Å². The van der Waals surface area contributed by atoms with Crippen LogP contribution >= 0.6 is 15.9 Å². The lowest BCUT2D eigenvalue weighted by Gasteiger charge is -2.29. The summed E-state index contributed by atoms with van der Waals surface area (Å²) in [5.74, 6) is 0.617. The summed E-state index contributed by atoms with van der Waals surface area (Å²) in [6.07, 6.45) is 0. The fourth-order valence-electron chi connectivity index (χ4n) is 2.25. The van der Waals surface area contributed by atoms with Gasteiger partial charge in [-0.25, -0.2) is 0 Å². The van der Waals surface area contributed by atoms with Gasteiger partial charge in [0.25, 0.3) is 0 Å². The summed E-state index contributed by atoms with van der Waals surface area (Å²) in [7, 11) is 1.76. The summed E-state index contributed by atoms with van der Waals surface area (Å²) < 4.78 is 6.40. The van der Waals surface area contributed by atoms with Gasteiger partial charge >= 0.3 is 0 Å². The van der Waals surface area contributed by atoms with E-state index in [1.165, 1.54) is 11.3 Å². The SMILES string of the molecule is COCCN(CC(C)C)c1cc(Br)ccc1CNC(C)C. The van der Waals surface area contributed by atoms with Gasteiger partial charge in [-0.1, -0.05) is 49.7 Å². The van der Waals surface area contributed by atoms with Crippen molar-refractivity contribution in [2.24, 2.45) is 5.92 Å². The molecule has 0 aliphatic heterocycles. The standard InChI is InChI=1S/C17H29BrN2O/c1-13(2)12-20(8-9-21-5)17-10-16(18)7-6-15(17)11-19-14(3)4/h6-7,10,13-14,19H,8-9,11-12H2,1-5H3. The first-order valence-electron chi connectivity index (χ1n) is 7.69. The molecule has 0 aliphatic rings. The van der Waals surface area contributed by atoms with Crippen LogP contribution in [0.5, 0.6) is 0 Å². The van der Waals surface area contributed by atoms with E-state index in [0.717, 1.165) is 30.7 Å². The predicted molar refractivity (Wildman–Crippen MR) is 95.0 cm³/mol. The number of nitrogens with zero attached hydrogens (tertiary/aromatic N) is 1. The Morgan fingerprint density at radius 3 is 2.52 bits per heavy atom. The van der Waals surface area contributed by atoms with E-state index in [4.69, 9.17) is 4.74 Å². The number of ether oxygens (including phenoxy) is 1. The highest BCUT2D eigenvalue weighted by Crippen LogP contribution is 2.26. The van der Waals surface area contributed by atoms with Gasteiger partial charge in [0.15, 0.2) is 0 Å². The molecule has 120 valence electrons. The predicted octanol–water partition coefficient (Wildman–Crippen LogP) is 4.06. The molecule has 0 saturated carbocycles. The highest BCUT2D eigenvalue weighted by atomic mass is 79.9. The normalized spacial score (nSPS) is 11.4. The maximum Gasteiger partial charge on any atom is 0.0637 e. The van der Waals surface area contributed by atoms with Crippen molar-refractivity contribution >= 4 is 21.6 Å². The highest BCUT2D eigenvalue weighted by molar-refractivity contribution is 9.10. The van der Waals surface area contributed by atoms with E-state index >= 15 is 0 Å². The van der Waals surface area contributed by atoms with Gasteiger partial charge in [-0.3, -0.25) is 0 Å². The van der Waals surface area contributed by atoms with Crippen LogP contribution in [0.4, 0.5) is 5.69 Å². The fraction of sp³-hybridized carbons (Fsp3) is 0.647. The lowest BCUT2D eigenvalue weighted by Crippen LogP contribution is -2.32. The van der Waals surface area contributed by atoms with Crippen molar-refractivity contribution in [2.45, 2.75) is 40.3 Å². The Morgan fingerprint density at radius 2 is 1.95 bits per heavy atom. The zero-order chi connectivity index (χ0) is 15.8. The second kappa shape index (κ2) is 9.44. The molecule has 3 nitrogen and oxygen atoms in total. The average molecular weight is 357 g/mol. The maximum absolute atomic E-state index is 5.27. The monoisotopic (exact) mass is 356 g/mol. The largest absolute Gasteiger partial charge is 0.383 e. The molecule has 0 fully saturated rings. The lowest BCUT2D eigenvalue weighted by molar-refractivity contribution is 0.204. The van der Waals surface area contributed by atoms with E-state index < -0.39 is 0 Å². The minimum absolute atomic E-state index is 0.485. The van der Waals surface area contributed by atoms with E-state index in [1.54, 1.807) is 7.11 Å². The summed E-state index contributed by atoms with van der Waals surface area (Å²) >= 11 is 3.60. The van der Waals surface area contributed by atoms with Gasteiger partial charge in [-0.2, -0.15) is 0 Å². The second-order valence-electron chi connectivity index (χ2n) is 6.14. The molecule has 1 N–H and O–H groups in total. The number of nitrogens with one attached hydrogen (secondary N) is 1. The fourth-order valence-corrected chi connectivity index (χ4v) is 2.60. The summed E-state index contributed by atoms with van der Waals surface area (Å²) in [6, 6.07) is 7.02. The van der Waals surface area contributed by atoms with Crippen LogP contribution in [0.3, 0.4) is 0 Å². The van der Waals surface area contributed by atoms with Gasteiger partial charge in [-0.15, -0.1) is 0 Å². The Balaban J connectivity index is 2.99. The summed E-state index contributed by atoms with van der Waals surface area (Å²) in [6.45, 7) is 12.4. The molecule has 21 heavy (non-hydrogen) atoms. The first kappa shape index (κ1) is 18.5. The molecular weight excluding hydrogens is 328 g/mol. The third-order valence-electron chi connectivity index (χ3n) is 3.24. The Bertz CT molecular complexity index is 421. The number of halogens is 1. The summed E-state index contributed by atoms with van der Waals surface area (Å²) in [4.78, 5) is 2.43. The van der Waals surface area contributed by atoms with Crippen LogP contribution in [0.15, 0.2) is 22.7 Å². The van der Waals surface area contributed by atoms with Gasteiger partial charge < -0.3 is 15.0 Å². The average Bonchev–Trinajstić information content (AvgIpc) is 2.41. The highest BCUT2D eigenvalue weighted by Gasteiger charge is 2.13. The van der Waals surface area contributed by atoms with E-state index in [2.05, 4.69) is 72.0 Å². The molecule has 0 heterocycles. The van der Waals surface area contributed by atoms with Crippen molar-refractivity contribution in [3.05, 3.63) is 28.2 Å². The van der Waals surface area contributed by atoms with E-state index in [1.807, 2.05) is 0 Å². The van der Waals surface area contributed by atoms with Crippen molar-refractivity contribution in [3.63, 3.8) is 0 Å². The van der Waals surface area contributed by atoms with E-state index in [9.17, 15) is 0 Å². The molecule has 1 aromatic rings. The molecular formula is C17H29BrN2O. The molecule has 4 heteroatoms. The Labute approximate surface area is 138 Å². The molecule has 1 rings (SSSR count). The minimum atomic E-state index is 0.485. The quantitative estimate of drug-likeness (QED) is 0.721. The molecule has 0 radical (unpaired) electrons. The van der Waals surface area contributed by atoms with Crippen LogP contribution < -0.4 is 10.2 Å². The molecule has 0 aromatic heterocycles. The molecule has 1 aromatic carbocycles. The third-order valence-corrected chi connectivity index (χ3v) is 3.73. The molecule has 0 bridgehead atoms. The van der Waals surface area contributed by atoms with Crippen molar-refractivity contribution in [2.75, 3.05) is 31.7 Å². The molecule has 0 spiro atoms. The summed E-state index contributed by atoms with van der Waals surface area (Å²) in [5, 5.41) is 3.51. The van der Waals surface area contributed by atoms with Crippen molar-refractivity contribution < 1.29 is 4.74 Å². The topological polar surface area (TPSA) is 24.5 Å². The molecule has 0 aliphatic carbocycles. The van der Waals surface area contributed by atoms with E-state index in [0.29, 0.717) is 12.0 Å². The van der Waals surface area contributed by atoms with Crippen LogP contribution in [-0.4, -0.2) is 32.8 Å². The zero-order valence-corrected chi connectivity index (χ0v) is 15.5. The smallest absolute Gasteiger partial charge is 0.0637 e. The Hall–Kier alpha value is -0.580. The molecule has 0 saturated heterocycles. The lowest BCUT2D eigenvalue weighted by atomic mass is 10.1. The third kappa shape index (κ3) is 6.81. The van der Waals surface area contributed by atoms with Gasteiger partial charge in [-0.05, 0) is 23.6 Å². The number of hydrogen-bond acceptors (Lipinski definition) is 3. The Morgan fingerprint density at radius 1 is 1.24 bits per heavy atom. The number of methoxy groups -OCH3 is 1. The van der Waals surface area contributed by atoms with Crippen molar-refractivity contribution in [1.29, 1.82) is 0 Å². The van der Waals surface area contributed by atoms with Gasteiger partial charge in [0.1, 0.15) is 0 Å². The van der Waals surface area contributed by atoms with Crippen LogP contribution in [0.25, 0.3) is 0 Å². The molecule has 0 amide bonds. The zero-order valence-electron chi connectivity index (χ0n) is 13.9. The Kier molecular flexibility index (Phi) is 8.30. The first-order chi connectivity index (χ1) is 9.93. The van der Waals surface area contributed by atoms with Crippen LogP contribution in [-0.2, 0) is 11.3 Å².